The van der Waals surface area contributed by atoms with Crippen molar-refractivity contribution in [1.82, 2.24) is 4.98 Å². The summed E-state index contributed by atoms with van der Waals surface area (Å²) in [5.74, 6) is -0.333. The fourth-order valence-corrected chi connectivity index (χ4v) is 2.84. The number of carbonyl (C=O) groups is 1. The summed E-state index contributed by atoms with van der Waals surface area (Å²) >= 11 is 4.76. The molecule has 1 aromatic carbocycles. The fraction of sp³-hybridized carbons (Fsp3) is 0.231. The van der Waals surface area contributed by atoms with E-state index in [1.807, 2.05) is 31.2 Å². The summed E-state index contributed by atoms with van der Waals surface area (Å²) in [7, 11) is 1.38. The summed E-state index contributed by atoms with van der Waals surface area (Å²) in [4.78, 5) is 16.7. The molecule has 2 aromatic rings. The fourth-order valence-electron chi connectivity index (χ4n) is 1.61. The molecule has 0 spiro atoms. The second kappa shape index (κ2) is 5.63. The van der Waals surface area contributed by atoms with Crippen molar-refractivity contribution < 1.29 is 9.53 Å². The van der Waals surface area contributed by atoms with Gasteiger partial charge in [-0.1, -0.05) is 40.2 Å². The molecule has 0 unspecified atom stereocenters. The van der Waals surface area contributed by atoms with Crippen LogP contribution in [-0.2, 0) is 10.1 Å². The van der Waals surface area contributed by atoms with Gasteiger partial charge in [-0.25, -0.2) is 9.78 Å². The predicted molar refractivity (Wildman–Crippen MR) is 76.3 cm³/mol. The summed E-state index contributed by atoms with van der Waals surface area (Å²) in [5, 5.41) is 1.67. The maximum Gasteiger partial charge on any atom is 0.350 e. The van der Waals surface area contributed by atoms with Gasteiger partial charge >= 0.3 is 5.97 Å². The standard InChI is InChI=1S/C13H12BrNO2S/c1-8-15-11(12(18-8)13(16)17-2)10-5-3-9(7-14)4-6-10/h3-6H,7H2,1-2H3. The number of alkyl halides is 1. The minimum absolute atomic E-state index is 0.333. The molecule has 0 fully saturated rings. The van der Waals surface area contributed by atoms with Gasteiger partial charge in [0, 0.05) is 10.9 Å². The molecule has 3 nitrogen and oxygen atoms in total. The molecule has 0 aliphatic rings. The molecule has 0 atom stereocenters. The molecule has 0 aliphatic heterocycles. The van der Waals surface area contributed by atoms with E-state index < -0.39 is 0 Å². The summed E-state index contributed by atoms with van der Waals surface area (Å²) in [6.45, 7) is 1.88. The Hall–Kier alpha value is -1.20. The Labute approximate surface area is 118 Å². The maximum absolute atomic E-state index is 11.7. The molecule has 0 radical (unpaired) electrons. The number of rotatable bonds is 3. The van der Waals surface area contributed by atoms with Gasteiger partial charge in [-0.2, -0.15) is 0 Å². The largest absolute Gasteiger partial charge is 0.465 e. The maximum atomic E-state index is 11.7. The predicted octanol–water partition coefficient (Wildman–Crippen LogP) is 3.80. The first-order valence-electron chi connectivity index (χ1n) is 5.36. The van der Waals surface area contributed by atoms with Crippen molar-refractivity contribution >= 4 is 33.2 Å². The number of hydrogen-bond donors (Lipinski definition) is 0. The van der Waals surface area contributed by atoms with Crippen LogP contribution < -0.4 is 0 Å². The zero-order valence-corrected chi connectivity index (χ0v) is 12.5. The van der Waals surface area contributed by atoms with E-state index in [1.54, 1.807) is 0 Å². The van der Waals surface area contributed by atoms with E-state index in [4.69, 9.17) is 4.74 Å². The summed E-state index contributed by atoms with van der Waals surface area (Å²) < 4.78 is 4.78. The highest BCUT2D eigenvalue weighted by molar-refractivity contribution is 9.08. The molecule has 1 aromatic heterocycles. The van der Waals surface area contributed by atoms with Gasteiger partial charge in [-0.05, 0) is 12.5 Å². The van der Waals surface area contributed by atoms with Gasteiger partial charge in [0.2, 0.25) is 0 Å². The summed E-state index contributed by atoms with van der Waals surface area (Å²) in [6, 6.07) is 7.97. The summed E-state index contributed by atoms with van der Waals surface area (Å²) in [6.07, 6.45) is 0. The highest BCUT2D eigenvalue weighted by Crippen LogP contribution is 2.29. The van der Waals surface area contributed by atoms with Crippen LogP contribution in [0.25, 0.3) is 11.3 Å². The van der Waals surface area contributed by atoms with Gasteiger partial charge in [0.25, 0.3) is 0 Å². The molecule has 0 saturated heterocycles. The second-order valence-corrected chi connectivity index (χ2v) is 5.50. The van der Waals surface area contributed by atoms with Crippen LogP contribution >= 0.6 is 27.3 Å². The quantitative estimate of drug-likeness (QED) is 0.636. The third-order valence-electron chi connectivity index (χ3n) is 2.49. The van der Waals surface area contributed by atoms with Gasteiger partial charge in [-0.15, -0.1) is 11.3 Å². The number of aromatic nitrogens is 1. The van der Waals surface area contributed by atoms with Gasteiger partial charge in [0.15, 0.2) is 0 Å². The lowest BCUT2D eigenvalue weighted by molar-refractivity contribution is 0.0607. The van der Waals surface area contributed by atoms with E-state index >= 15 is 0 Å². The normalized spacial score (nSPS) is 10.4. The number of thiazole rings is 1. The lowest BCUT2D eigenvalue weighted by atomic mass is 10.1. The van der Waals surface area contributed by atoms with Crippen LogP contribution in [0.3, 0.4) is 0 Å². The van der Waals surface area contributed by atoms with E-state index in [9.17, 15) is 4.79 Å². The topological polar surface area (TPSA) is 39.2 Å². The number of nitrogens with zero attached hydrogens (tertiary/aromatic N) is 1. The van der Waals surface area contributed by atoms with Crippen LogP contribution in [0.4, 0.5) is 0 Å². The molecule has 94 valence electrons. The lowest BCUT2D eigenvalue weighted by Gasteiger charge is -2.02. The van der Waals surface area contributed by atoms with Crippen molar-refractivity contribution in [1.29, 1.82) is 0 Å². The highest BCUT2D eigenvalue weighted by atomic mass is 79.9. The number of carbonyl (C=O) groups excluding carboxylic acids is 1. The Morgan fingerprint density at radius 2 is 2.06 bits per heavy atom. The van der Waals surface area contributed by atoms with Crippen molar-refractivity contribution in [2.24, 2.45) is 0 Å². The Balaban J connectivity index is 2.45. The third-order valence-corrected chi connectivity index (χ3v) is 4.08. The molecule has 0 bridgehead atoms. The SMILES string of the molecule is COC(=O)c1sc(C)nc1-c1ccc(CBr)cc1. The Morgan fingerprint density at radius 3 is 2.61 bits per heavy atom. The van der Waals surface area contributed by atoms with Crippen LogP contribution in [0, 0.1) is 6.92 Å². The van der Waals surface area contributed by atoms with Gasteiger partial charge in [-0.3, -0.25) is 0 Å². The minimum Gasteiger partial charge on any atom is -0.465 e. The van der Waals surface area contributed by atoms with Crippen molar-refractivity contribution in [3.05, 3.63) is 39.7 Å². The average Bonchev–Trinajstić information content (AvgIpc) is 2.80. The summed E-state index contributed by atoms with van der Waals surface area (Å²) in [5.41, 5.74) is 2.82. The molecule has 0 saturated carbocycles. The number of methoxy groups -OCH3 is 1. The van der Waals surface area contributed by atoms with Gasteiger partial charge < -0.3 is 4.74 Å². The molecule has 18 heavy (non-hydrogen) atoms. The minimum atomic E-state index is -0.333. The van der Waals surface area contributed by atoms with Crippen LogP contribution in [0.5, 0.6) is 0 Å². The second-order valence-electron chi connectivity index (χ2n) is 3.73. The number of halogens is 1. The van der Waals surface area contributed by atoms with E-state index in [-0.39, 0.29) is 5.97 Å². The third kappa shape index (κ3) is 2.62. The molecule has 1 heterocycles. The van der Waals surface area contributed by atoms with Crippen LogP contribution in [0.15, 0.2) is 24.3 Å². The van der Waals surface area contributed by atoms with Crippen LogP contribution in [-0.4, -0.2) is 18.1 Å². The van der Waals surface area contributed by atoms with Gasteiger partial charge in [0.1, 0.15) is 4.88 Å². The molecule has 0 N–H and O–H groups in total. The molecule has 2 rings (SSSR count). The molecular weight excluding hydrogens is 314 g/mol. The molecular formula is C13H12BrNO2S. The van der Waals surface area contributed by atoms with E-state index in [0.717, 1.165) is 15.9 Å². The lowest BCUT2D eigenvalue weighted by Crippen LogP contribution is -2.00. The Bertz CT molecular complexity index is 563. The first kappa shape index (κ1) is 13.2. The first-order chi connectivity index (χ1) is 8.65. The number of hydrogen-bond acceptors (Lipinski definition) is 4. The van der Waals surface area contributed by atoms with Crippen molar-refractivity contribution in [2.75, 3.05) is 7.11 Å². The van der Waals surface area contributed by atoms with Gasteiger partial charge in [0.05, 0.1) is 17.8 Å². The number of ether oxygens (including phenoxy) is 1. The molecule has 0 amide bonds. The Kier molecular flexibility index (Phi) is 4.14. The van der Waals surface area contributed by atoms with Crippen LogP contribution in [0.2, 0.25) is 0 Å². The zero-order chi connectivity index (χ0) is 13.1. The highest BCUT2D eigenvalue weighted by Gasteiger charge is 2.18. The molecule has 0 aliphatic carbocycles. The van der Waals surface area contributed by atoms with E-state index in [0.29, 0.717) is 10.6 Å². The smallest absolute Gasteiger partial charge is 0.350 e. The van der Waals surface area contributed by atoms with E-state index in [1.165, 1.54) is 24.0 Å². The molecule has 5 heteroatoms. The van der Waals surface area contributed by atoms with Crippen molar-refractivity contribution in [3.8, 4) is 11.3 Å². The Morgan fingerprint density at radius 1 is 1.39 bits per heavy atom. The number of esters is 1. The van der Waals surface area contributed by atoms with Crippen molar-refractivity contribution in [2.45, 2.75) is 12.3 Å². The average molecular weight is 326 g/mol. The number of benzene rings is 1. The van der Waals surface area contributed by atoms with Crippen LogP contribution in [0.1, 0.15) is 20.2 Å². The van der Waals surface area contributed by atoms with Crippen molar-refractivity contribution in [3.63, 3.8) is 0 Å². The monoisotopic (exact) mass is 325 g/mol. The first-order valence-corrected chi connectivity index (χ1v) is 7.30. The van der Waals surface area contributed by atoms with E-state index in [2.05, 4.69) is 20.9 Å². The number of aryl methyl sites for hydroxylation is 1. The zero-order valence-electron chi connectivity index (χ0n) is 10.1.